The van der Waals surface area contributed by atoms with Crippen molar-refractivity contribution >= 4 is 12.1 Å². The molecule has 0 aliphatic heterocycles. The van der Waals surface area contributed by atoms with Gasteiger partial charge in [-0.2, -0.15) is 0 Å². The number of aromatic carboxylic acids is 1. The Labute approximate surface area is 148 Å². The van der Waals surface area contributed by atoms with Gasteiger partial charge >= 0.3 is 12.1 Å². The highest BCUT2D eigenvalue weighted by Crippen LogP contribution is 2.48. The normalized spacial score (nSPS) is 14.6. The van der Waals surface area contributed by atoms with E-state index >= 15 is 0 Å². The fourth-order valence-electron chi connectivity index (χ4n) is 3.01. The van der Waals surface area contributed by atoms with E-state index in [0.29, 0.717) is 18.9 Å². The molecule has 2 N–H and O–H groups in total. The summed E-state index contributed by atoms with van der Waals surface area (Å²) in [7, 11) is 0. The van der Waals surface area contributed by atoms with E-state index in [1.165, 1.54) is 6.92 Å². The van der Waals surface area contributed by atoms with Gasteiger partial charge in [0.1, 0.15) is 18.2 Å². The van der Waals surface area contributed by atoms with Gasteiger partial charge in [0.2, 0.25) is 0 Å². The molecule has 26 heavy (non-hydrogen) atoms. The molecular weight excluding hydrogens is 344 g/mol. The minimum absolute atomic E-state index is 0.0309. The van der Waals surface area contributed by atoms with Crippen LogP contribution in [-0.2, 0) is 16.9 Å². The molecule has 1 aliphatic carbocycles. The highest BCUT2D eigenvalue weighted by molar-refractivity contribution is 5.88. The maximum atomic E-state index is 14.5. The quantitative estimate of drug-likeness (QED) is 0.847. The van der Waals surface area contributed by atoms with Crippen LogP contribution >= 0.6 is 0 Å². The number of carbonyl (C=O) groups excluding carboxylic acids is 1. The van der Waals surface area contributed by atoms with Gasteiger partial charge in [-0.3, -0.25) is 0 Å². The van der Waals surface area contributed by atoms with Crippen LogP contribution in [0.5, 0.6) is 0 Å². The summed E-state index contributed by atoms with van der Waals surface area (Å²) < 4.78 is 33.9. The predicted octanol–water partition coefficient (Wildman–Crippen LogP) is 3.89. The molecule has 0 unspecified atom stereocenters. The van der Waals surface area contributed by atoms with Crippen molar-refractivity contribution in [2.45, 2.75) is 31.9 Å². The van der Waals surface area contributed by atoms with Gasteiger partial charge < -0.3 is 15.2 Å². The lowest BCUT2D eigenvalue weighted by Gasteiger charge is -2.21. The van der Waals surface area contributed by atoms with E-state index in [1.54, 1.807) is 12.1 Å². The number of ether oxygens (including phenoxy) is 1. The summed E-state index contributed by atoms with van der Waals surface area (Å²) in [6.45, 7) is 1.35. The number of nitrogens with one attached hydrogen (secondary N) is 1. The van der Waals surface area contributed by atoms with Gasteiger partial charge in [-0.15, -0.1) is 0 Å². The van der Waals surface area contributed by atoms with Gasteiger partial charge in [-0.25, -0.2) is 18.4 Å². The Kier molecular flexibility index (Phi) is 4.63. The first kappa shape index (κ1) is 17.8. The highest BCUT2D eigenvalue weighted by atomic mass is 19.1. The summed E-state index contributed by atoms with van der Waals surface area (Å²) >= 11 is 0. The number of hydrogen-bond donors (Lipinski definition) is 2. The van der Waals surface area contributed by atoms with Crippen molar-refractivity contribution in [2.75, 3.05) is 0 Å². The second-order valence-electron chi connectivity index (χ2n) is 6.29. The largest absolute Gasteiger partial charge is 0.478 e. The number of carbonyl (C=O) groups is 2. The average molecular weight is 361 g/mol. The zero-order valence-electron chi connectivity index (χ0n) is 14.0. The lowest BCUT2D eigenvalue weighted by Crippen LogP contribution is -2.36. The SMILES string of the molecule is Cc1c(F)c(C(=O)O)cc(F)c1C1(NC(=O)OCc2ccccc2)CC1. The fourth-order valence-corrected chi connectivity index (χ4v) is 3.01. The standard InChI is InChI=1S/C19H17F2NO4/c1-11-15(14(20)9-13(16(11)21)17(23)24)19(7-8-19)22-18(25)26-10-12-5-3-2-4-6-12/h2-6,9H,7-8,10H2,1H3,(H,22,25)(H,23,24). The average Bonchev–Trinajstić information content (AvgIpc) is 3.37. The summed E-state index contributed by atoms with van der Waals surface area (Å²) in [6.07, 6.45) is 0.0848. The van der Waals surface area contributed by atoms with E-state index < -0.39 is 34.8 Å². The van der Waals surface area contributed by atoms with E-state index in [4.69, 9.17) is 9.84 Å². The number of carboxylic acid groups (broad SMARTS) is 1. The molecule has 5 nitrogen and oxygen atoms in total. The van der Waals surface area contributed by atoms with Crippen LogP contribution in [0, 0.1) is 18.6 Å². The van der Waals surface area contributed by atoms with Gasteiger partial charge in [0.25, 0.3) is 0 Å². The molecule has 0 saturated heterocycles. The summed E-state index contributed by atoms with van der Waals surface area (Å²) in [6, 6.07) is 9.70. The molecule has 1 amide bonds. The van der Waals surface area contributed by atoms with E-state index in [1.807, 2.05) is 18.2 Å². The molecule has 1 aliphatic rings. The monoisotopic (exact) mass is 361 g/mol. The van der Waals surface area contributed by atoms with Crippen molar-refractivity contribution in [3.05, 3.63) is 70.3 Å². The molecule has 136 valence electrons. The molecule has 3 rings (SSSR count). The smallest absolute Gasteiger partial charge is 0.408 e. The third-order valence-electron chi connectivity index (χ3n) is 4.46. The Morgan fingerprint density at radius 3 is 2.46 bits per heavy atom. The predicted molar refractivity (Wildman–Crippen MR) is 88.7 cm³/mol. The zero-order valence-corrected chi connectivity index (χ0v) is 14.0. The van der Waals surface area contributed by atoms with Crippen LogP contribution in [-0.4, -0.2) is 17.2 Å². The molecule has 2 aromatic rings. The van der Waals surface area contributed by atoms with Gasteiger partial charge in [0.15, 0.2) is 0 Å². The number of rotatable bonds is 5. The van der Waals surface area contributed by atoms with Crippen molar-refractivity contribution < 1.29 is 28.2 Å². The Bertz CT molecular complexity index is 864. The number of halogens is 2. The van der Waals surface area contributed by atoms with Crippen molar-refractivity contribution in [1.29, 1.82) is 0 Å². The molecule has 0 heterocycles. The topological polar surface area (TPSA) is 75.6 Å². The Morgan fingerprint density at radius 1 is 1.23 bits per heavy atom. The second-order valence-corrected chi connectivity index (χ2v) is 6.29. The van der Waals surface area contributed by atoms with Crippen LogP contribution in [0.3, 0.4) is 0 Å². The molecule has 7 heteroatoms. The van der Waals surface area contributed by atoms with Gasteiger partial charge in [0, 0.05) is 5.56 Å². The van der Waals surface area contributed by atoms with Crippen LogP contribution in [0.1, 0.15) is 39.9 Å². The zero-order chi connectivity index (χ0) is 18.9. The van der Waals surface area contributed by atoms with Crippen molar-refractivity contribution in [1.82, 2.24) is 5.32 Å². The third kappa shape index (κ3) is 3.37. The number of hydrogen-bond acceptors (Lipinski definition) is 3. The number of amides is 1. The first-order valence-corrected chi connectivity index (χ1v) is 8.05. The van der Waals surface area contributed by atoms with Crippen LogP contribution in [0.15, 0.2) is 36.4 Å². The van der Waals surface area contributed by atoms with Crippen molar-refractivity contribution in [3.63, 3.8) is 0 Å². The lowest BCUT2D eigenvalue weighted by molar-refractivity contribution is 0.0690. The molecule has 0 spiro atoms. The first-order valence-electron chi connectivity index (χ1n) is 8.05. The highest BCUT2D eigenvalue weighted by Gasteiger charge is 2.49. The van der Waals surface area contributed by atoms with Crippen LogP contribution < -0.4 is 5.32 Å². The van der Waals surface area contributed by atoms with Crippen LogP contribution in [0.4, 0.5) is 13.6 Å². The van der Waals surface area contributed by atoms with Crippen LogP contribution in [0.25, 0.3) is 0 Å². The molecule has 0 atom stereocenters. The molecule has 1 fully saturated rings. The maximum absolute atomic E-state index is 14.5. The number of carboxylic acids is 1. The second kappa shape index (κ2) is 6.74. The van der Waals surface area contributed by atoms with Gasteiger partial charge in [-0.05, 0) is 37.0 Å². The summed E-state index contributed by atoms with van der Waals surface area (Å²) in [5.74, 6) is -3.40. The lowest BCUT2D eigenvalue weighted by atomic mass is 9.95. The van der Waals surface area contributed by atoms with E-state index in [0.717, 1.165) is 5.56 Å². The summed E-state index contributed by atoms with van der Waals surface area (Å²) in [5.41, 5.74) is -1.15. The van der Waals surface area contributed by atoms with Crippen LogP contribution in [0.2, 0.25) is 0 Å². The minimum Gasteiger partial charge on any atom is -0.478 e. The summed E-state index contributed by atoms with van der Waals surface area (Å²) in [4.78, 5) is 23.1. The Balaban J connectivity index is 1.78. The first-order chi connectivity index (χ1) is 12.3. The van der Waals surface area contributed by atoms with Crippen molar-refractivity contribution in [3.8, 4) is 0 Å². The van der Waals surface area contributed by atoms with Gasteiger partial charge in [0.05, 0.1) is 11.1 Å². The Hall–Kier alpha value is -2.96. The molecule has 0 aromatic heterocycles. The molecule has 0 bridgehead atoms. The molecular formula is C19H17F2NO4. The fraction of sp³-hybridized carbons (Fsp3) is 0.263. The Morgan fingerprint density at radius 2 is 1.88 bits per heavy atom. The molecule has 2 aromatic carbocycles. The molecule has 1 saturated carbocycles. The van der Waals surface area contributed by atoms with Crippen molar-refractivity contribution in [2.24, 2.45) is 0 Å². The summed E-state index contributed by atoms with van der Waals surface area (Å²) in [5, 5.41) is 11.5. The van der Waals surface area contributed by atoms with Gasteiger partial charge in [-0.1, -0.05) is 30.3 Å². The minimum atomic E-state index is -1.55. The van der Waals surface area contributed by atoms with E-state index in [2.05, 4.69) is 5.32 Å². The number of benzene rings is 2. The van der Waals surface area contributed by atoms with E-state index in [-0.39, 0.29) is 17.7 Å². The number of alkyl carbamates (subject to hydrolysis) is 1. The van der Waals surface area contributed by atoms with E-state index in [9.17, 15) is 18.4 Å². The maximum Gasteiger partial charge on any atom is 0.408 e. The third-order valence-corrected chi connectivity index (χ3v) is 4.46. The molecule has 0 radical (unpaired) electrons.